The summed E-state index contributed by atoms with van der Waals surface area (Å²) >= 11 is 0. The van der Waals surface area contributed by atoms with E-state index in [0.717, 1.165) is 37.3 Å². The van der Waals surface area contributed by atoms with Crippen molar-refractivity contribution in [3.8, 4) is 11.5 Å². The van der Waals surface area contributed by atoms with E-state index in [1.54, 1.807) is 13.1 Å². The van der Waals surface area contributed by atoms with Crippen molar-refractivity contribution >= 4 is 5.82 Å². The van der Waals surface area contributed by atoms with Gasteiger partial charge in [0.15, 0.2) is 5.82 Å². The van der Waals surface area contributed by atoms with Crippen LogP contribution in [0, 0.1) is 6.92 Å². The van der Waals surface area contributed by atoms with Crippen LogP contribution in [-0.2, 0) is 0 Å². The number of aromatic nitrogens is 3. The Labute approximate surface area is 111 Å². The summed E-state index contributed by atoms with van der Waals surface area (Å²) in [6, 6.07) is 4.08. The average Bonchev–Trinajstić information content (AvgIpc) is 2.86. The first-order valence-corrected chi connectivity index (χ1v) is 6.49. The summed E-state index contributed by atoms with van der Waals surface area (Å²) in [6.07, 6.45) is 3.95. The second kappa shape index (κ2) is 4.97. The SMILES string of the molecule is Cc1noc(-c2ccnc(N3CCC[C@H](N)C3)c2)n1. The van der Waals surface area contributed by atoms with E-state index in [1.807, 2.05) is 12.1 Å². The van der Waals surface area contributed by atoms with E-state index in [0.29, 0.717) is 11.7 Å². The zero-order valence-electron chi connectivity index (χ0n) is 10.9. The van der Waals surface area contributed by atoms with Crippen molar-refractivity contribution in [2.75, 3.05) is 18.0 Å². The van der Waals surface area contributed by atoms with Gasteiger partial charge in [0.05, 0.1) is 0 Å². The molecule has 3 rings (SSSR count). The van der Waals surface area contributed by atoms with E-state index < -0.39 is 0 Å². The van der Waals surface area contributed by atoms with Crippen LogP contribution in [-0.4, -0.2) is 34.3 Å². The number of pyridine rings is 1. The zero-order chi connectivity index (χ0) is 13.2. The summed E-state index contributed by atoms with van der Waals surface area (Å²) < 4.78 is 5.18. The van der Waals surface area contributed by atoms with Crippen molar-refractivity contribution in [1.82, 2.24) is 15.1 Å². The van der Waals surface area contributed by atoms with E-state index in [9.17, 15) is 0 Å². The van der Waals surface area contributed by atoms with Crippen molar-refractivity contribution in [3.63, 3.8) is 0 Å². The molecule has 1 fully saturated rings. The van der Waals surface area contributed by atoms with Crippen molar-refractivity contribution in [2.24, 2.45) is 5.73 Å². The Hall–Kier alpha value is -1.95. The van der Waals surface area contributed by atoms with Crippen molar-refractivity contribution in [1.29, 1.82) is 0 Å². The van der Waals surface area contributed by atoms with Gasteiger partial charge in [-0.1, -0.05) is 5.16 Å². The Balaban J connectivity index is 1.87. The molecule has 2 aromatic heterocycles. The molecule has 2 aromatic rings. The number of anilines is 1. The smallest absolute Gasteiger partial charge is 0.258 e. The fourth-order valence-corrected chi connectivity index (χ4v) is 2.36. The Bertz CT molecular complexity index is 568. The van der Waals surface area contributed by atoms with Crippen LogP contribution < -0.4 is 10.6 Å². The molecule has 0 bridgehead atoms. The second-order valence-electron chi connectivity index (χ2n) is 4.90. The third-order valence-corrected chi connectivity index (χ3v) is 3.30. The molecule has 19 heavy (non-hydrogen) atoms. The Morgan fingerprint density at radius 3 is 3.11 bits per heavy atom. The van der Waals surface area contributed by atoms with Crippen LogP contribution in [0.1, 0.15) is 18.7 Å². The summed E-state index contributed by atoms with van der Waals surface area (Å²) in [5.74, 6) is 2.08. The lowest BCUT2D eigenvalue weighted by atomic mass is 10.1. The maximum atomic E-state index is 6.00. The van der Waals surface area contributed by atoms with Gasteiger partial charge >= 0.3 is 0 Å². The highest BCUT2D eigenvalue weighted by Gasteiger charge is 2.18. The van der Waals surface area contributed by atoms with Gasteiger partial charge in [0.2, 0.25) is 0 Å². The van der Waals surface area contributed by atoms with Crippen molar-refractivity contribution < 1.29 is 4.52 Å². The number of nitrogens with zero attached hydrogens (tertiary/aromatic N) is 4. The lowest BCUT2D eigenvalue weighted by molar-refractivity contribution is 0.425. The molecule has 1 aliphatic heterocycles. The summed E-state index contributed by atoms with van der Waals surface area (Å²) in [5, 5.41) is 3.81. The summed E-state index contributed by atoms with van der Waals surface area (Å²) in [4.78, 5) is 10.9. The molecule has 0 radical (unpaired) electrons. The quantitative estimate of drug-likeness (QED) is 0.877. The Morgan fingerprint density at radius 2 is 2.37 bits per heavy atom. The molecule has 0 spiro atoms. The fraction of sp³-hybridized carbons (Fsp3) is 0.462. The molecule has 0 saturated carbocycles. The van der Waals surface area contributed by atoms with Gasteiger partial charge in [0.1, 0.15) is 5.82 Å². The topological polar surface area (TPSA) is 81.1 Å². The first kappa shape index (κ1) is 12.1. The van der Waals surface area contributed by atoms with E-state index >= 15 is 0 Å². The molecule has 0 aromatic carbocycles. The molecule has 2 N–H and O–H groups in total. The van der Waals surface area contributed by atoms with Crippen LogP contribution in [0.5, 0.6) is 0 Å². The predicted molar refractivity (Wildman–Crippen MR) is 71.7 cm³/mol. The van der Waals surface area contributed by atoms with Crippen molar-refractivity contribution in [2.45, 2.75) is 25.8 Å². The number of hydrogen-bond acceptors (Lipinski definition) is 6. The molecule has 100 valence electrons. The number of rotatable bonds is 2. The van der Waals surface area contributed by atoms with Crippen LogP contribution >= 0.6 is 0 Å². The first-order chi connectivity index (χ1) is 9.22. The largest absolute Gasteiger partial charge is 0.355 e. The third kappa shape index (κ3) is 2.58. The van der Waals surface area contributed by atoms with Crippen LogP contribution in [0.3, 0.4) is 0 Å². The van der Waals surface area contributed by atoms with Crippen molar-refractivity contribution in [3.05, 3.63) is 24.2 Å². The van der Waals surface area contributed by atoms with Crippen LogP contribution in [0.4, 0.5) is 5.82 Å². The fourth-order valence-electron chi connectivity index (χ4n) is 2.36. The summed E-state index contributed by atoms with van der Waals surface area (Å²) in [6.45, 7) is 3.64. The molecule has 3 heterocycles. The monoisotopic (exact) mass is 259 g/mol. The Kier molecular flexibility index (Phi) is 3.16. The molecule has 1 atom stereocenters. The van der Waals surface area contributed by atoms with Crippen LogP contribution in [0.15, 0.2) is 22.9 Å². The number of aryl methyl sites for hydroxylation is 1. The molecule has 1 saturated heterocycles. The minimum atomic E-state index is 0.227. The minimum absolute atomic E-state index is 0.227. The number of hydrogen-bond donors (Lipinski definition) is 1. The van der Waals surface area contributed by atoms with E-state index in [2.05, 4.69) is 20.0 Å². The molecule has 0 aliphatic carbocycles. The van der Waals surface area contributed by atoms with Gasteiger partial charge in [-0.2, -0.15) is 4.98 Å². The minimum Gasteiger partial charge on any atom is -0.355 e. The normalized spacial score (nSPS) is 19.7. The predicted octanol–water partition coefficient (Wildman–Crippen LogP) is 1.37. The molecule has 6 nitrogen and oxygen atoms in total. The highest BCUT2D eigenvalue weighted by atomic mass is 16.5. The van der Waals surface area contributed by atoms with Gasteiger partial charge in [-0.05, 0) is 31.9 Å². The standard InChI is InChI=1S/C13H17N5O/c1-9-16-13(19-17-9)10-4-5-15-12(7-10)18-6-2-3-11(14)8-18/h4-5,7,11H,2-3,6,8,14H2,1H3/t11-/m0/s1. The highest BCUT2D eigenvalue weighted by molar-refractivity contribution is 5.58. The Morgan fingerprint density at radius 1 is 1.47 bits per heavy atom. The summed E-state index contributed by atoms with van der Waals surface area (Å²) in [7, 11) is 0. The average molecular weight is 259 g/mol. The van der Waals surface area contributed by atoms with Gasteiger partial charge in [0.25, 0.3) is 5.89 Å². The van der Waals surface area contributed by atoms with Gasteiger partial charge in [0, 0.05) is 30.9 Å². The van der Waals surface area contributed by atoms with Gasteiger partial charge in [-0.15, -0.1) is 0 Å². The molecule has 0 unspecified atom stereocenters. The highest BCUT2D eigenvalue weighted by Crippen LogP contribution is 2.23. The van der Waals surface area contributed by atoms with E-state index in [-0.39, 0.29) is 6.04 Å². The zero-order valence-corrected chi connectivity index (χ0v) is 10.9. The number of piperidine rings is 1. The van der Waals surface area contributed by atoms with Gasteiger partial charge in [-0.25, -0.2) is 4.98 Å². The van der Waals surface area contributed by atoms with E-state index in [1.165, 1.54) is 0 Å². The lowest BCUT2D eigenvalue weighted by Gasteiger charge is -2.31. The number of nitrogens with two attached hydrogens (primary N) is 1. The lowest BCUT2D eigenvalue weighted by Crippen LogP contribution is -2.43. The van der Waals surface area contributed by atoms with Crippen LogP contribution in [0.2, 0.25) is 0 Å². The molecular formula is C13H17N5O. The second-order valence-corrected chi connectivity index (χ2v) is 4.90. The molecule has 1 aliphatic rings. The molecular weight excluding hydrogens is 242 g/mol. The maximum Gasteiger partial charge on any atom is 0.258 e. The molecule has 0 amide bonds. The van der Waals surface area contributed by atoms with E-state index in [4.69, 9.17) is 10.3 Å². The first-order valence-electron chi connectivity index (χ1n) is 6.49. The maximum absolute atomic E-state index is 6.00. The third-order valence-electron chi connectivity index (χ3n) is 3.30. The molecule has 6 heteroatoms. The van der Waals surface area contributed by atoms with Gasteiger partial charge in [-0.3, -0.25) is 0 Å². The van der Waals surface area contributed by atoms with Crippen LogP contribution in [0.25, 0.3) is 11.5 Å². The van der Waals surface area contributed by atoms with Gasteiger partial charge < -0.3 is 15.2 Å². The summed E-state index contributed by atoms with van der Waals surface area (Å²) in [5.41, 5.74) is 6.90.